The quantitative estimate of drug-likeness (QED) is 0.706. The Labute approximate surface area is 147 Å². The van der Waals surface area contributed by atoms with E-state index in [0.717, 1.165) is 35.3 Å². The van der Waals surface area contributed by atoms with Gasteiger partial charge in [0.25, 0.3) is 0 Å². The molecule has 0 unspecified atom stereocenters. The predicted molar refractivity (Wildman–Crippen MR) is 95.1 cm³/mol. The van der Waals surface area contributed by atoms with Crippen molar-refractivity contribution in [2.45, 2.75) is 31.6 Å². The van der Waals surface area contributed by atoms with Gasteiger partial charge in [-0.1, -0.05) is 18.2 Å². The molecule has 1 saturated carbocycles. The Morgan fingerprint density at radius 2 is 1.92 bits per heavy atom. The minimum Gasteiger partial charge on any atom is -0.504 e. The lowest BCUT2D eigenvalue weighted by Crippen LogP contribution is -2.36. The summed E-state index contributed by atoms with van der Waals surface area (Å²) < 4.78 is 5.37. The van der Waals surface area contributed by atoms with E-state index in [2.05, 4.69) is 5.32 Å². The van der Waals surface area contributed by atoms with Crippen molar-refractivity contribution in [2.75, 3.05) is 13.7 Å². The number of aromatic hydroxyl groups is 2. The molecular formula is C20H23NO4. The monoisotopic (exact) mass is 341 g/mol. The van der Waals surface area contributed by atoms with Gasteiger partial charge in [-0.25, -0.2) is 0 Å². The van der Waals surface area contributed by atoms with Crippen LogP contribution in [0.4, 0.5) is 0 Å². The molecule has 25 heavy (non-hydrogen) atoms. The maximum absolute atomic E-state index is 12.7. The zero-order valence-electron chi connectivity index (χ0n) is 14.5. The molecule has 132 valence electrons. The molecule has 5 nitrogen and oxygen atoms in total. The fraction of sp³-hybridized carbons (Fsp3) is 0.350. The van der Waals surface area contributed by atoms with Gasteiger partial charge in [0.1, 0.15) is 5.75 Å². The number of hydrogen-bond acceptors (Lipinski definition) is 4. The molecule has 3 rings (SSSR count). The average molecular weight is 341 g/mol. The van der Waals surface area contributed by atoms with Gasteiger partial charge in [0.05, 0.1) is 12.5 Å². The van der Waals surface area contributed by atoms with Crippen LogP contribution in [0.2, 0.25) is 0 Å². The van der Waals surface area contributed by atoms with Gasteiger partial charge in [-0.05, 0) is 61.1 Å². The largest absolute Gasteiger partial charge is 0.504 e. The van der Waals surface area contributed by atoms with E-state index in [1.165, 1.54) is 12.1 Å². The van der Waals surface area contributed by atoms with E-state index < -0.39 is 5.41 Å². The number of carbonyl (C=O) groups excluding carboxylic acids is 1. The van der Waals surface area contributed by atoms with Crippen LogP contribution >= 0.6 is 0 Å². The zero-order chi connectivity index (χ0) is 18.0. The summed E-state index contributed by atoms with van der Waals surface area (Å²) in [5, 5.41) is 21.8. The summed E-state index contributed by atoms with van der Waals surface area (Å²) in [6.45, 7) is 2.46. The SMILES string of the molecule is COc1cc(C2(C(=O)NCCc3ccc(O)c(O)c3)CC2)ccc1C. The number of carbonyl (C=O) groups is 1. The summed E-state index contributed by atoms with van der Waals surface area (Å²) in [7, 11) is 1.64. The number of nitrogens with one attached hydrogen (secondary N) is 1. The van der Waals surface area contributed by atoms with Crippen LogP contribution in [0, 0.1) is 6.92 Å². The van der Waals surface area contributed by atoms with Crippen molar-refractivity contribution in [1.82, 2.24) is 5.32 Å². The molecule has 0 spiro atoms. The van der Waals surface area contributed by atoms with Crippen LogP contribution in [0.15, 0.2) is 36.4 Å². The number of rotatable bonds is 6. The molecule has 1 fully saturated rings. The fourth-order valence-corrected chi connectivity index (χ4v) is 3.10. The van der Waals surface area contributed by atoms with E-state index in [1.54, 1.807) is 13.2 Å². The second-order valence-corrected chi connectivity index (χ2v) is 6.60. The van der Waals surface area contributed by atoms with Gasteiger partial charge >= 0.3 is 0 Å². The average Bonchev–Trinajstić information content (AvgIpc) is 3.40. The topological polar surface area (TPSA) is 78.8 Å². The Morgan fingerprint density at radius 3 is 2.56 bits per heavy atom. The molecule has 5 heteroatoms. The van der Waals surface area contributed by atoms with E-state index in [4.69, 9.17) is 4.74 Å². The molecule has 2 aromatic carbocycles. The highest BCUT2D eigenvalue weighted by Gasteiger charge is 2.51. The number of amides is 1. The molecule has 1 amide bonds. The molecule has 0 bridgehead atoms. The predicted octanol–water partition coefficient (Wildman–Crippen LogP) is 2.81. The smallest absolute Gasteiger partial charge is 0.230 e. The van der Waals surface area contributed by atoms with Crippen molar-refractivity contribution >= 4 is 5.91 Å². The highest BCUT2D eigenvalue weighted by Crippen LogP contribution is 2.49. The Kier molecular flexibility index (Phi) is 4.57. The third-order valence-electron chi connectivity index (χ3n) is 4.88. The van der Waals surface area contributed by atoms with Gasteiger partial charge in [0.2, 0.25) is 5.91 Å². The molecule has 0 aromatic heterocycles. The van der Waals surface area contributed by atoms with Crippen LogP contribution in [0.25, 0.3) is 0 Å². The summed E-state index contributed by atoms with van der Waals surface area (Å²) in [6, 6.07) is 10.6. The lowest BCUT2D eigenvalue weighted by molar-refractivity contribution is -0.123. The number of ether oxygens (including phenoxy) is 1. The zero-order valence-corrected chi connectivity index (χ0v) is 14.5. The van der Waals surface area contributed by atoms with Gasteiger partial charge in [-0.2, -0.15) is 0 Å². The van der Waals surface area contributed by atoms with Crippen LogP contribution in [0.3, 0.4) is 0 Å². The first-order valence-electron chi connectivity index (χ1n) is 8.40. The van der Waals surface area contributed by atoms with Crippen molar-refractivity contribution in [2.24, 2.45) is 0 Å². The van der Waals surface area contributed by atoms with E-state index in [0.29, 0.717) is 13.0 Å². The fourth-order valence-electron chi connectivity index (χ4n) is 3.10. The second-order valence-electron chi connectivity index (χ2n) is 6.60. The molecule has 0 saturated heterocycles. The molecule has 2 aromatic rings. The lowest BCUT2D eigenvalue weighted by Gasteiger charge is -2.17. The minimum atomic E-state index is -0.446. The Bertz CT molecular complexity index is 796. The summed E-state index contributed by atoms with van der Waals surface area (Å²) in [6.07, 6.45) is 2.27. The molecule has 0 radical (unpaired) electrons. The lowest BCUT2D eigenvalue weighted by atomic mass is 9.93. The molecule has 3 N–H and O–H groups in total. The highest BCUT2D eigenvalue weighted by atomic mass is 16.5. The Balaban J connectivity index is 1.63. The van der Waals surface area contributed by atoms with Crippen molar-refractivity contribution < 1.29 is 19.7 Å². The molecular weight excluding hydrogens is 318 g/mol. The number of aryl methyl sites for hydroxylation is 1. The van der Waals surface area contributed by atoms with E-state index in [9.17, 15) is 15.0 Å². The Hall–Kier alpha value is -2.69. The highest BCUT2D eigenvalue weighted by molar-refractivity contribution is 5.91. The normalized spacial score (nSPS) is 14.8. The first-order valence-corrected chi connectivity index (χ1v) is 8.40. The molecule has 1 aliphatic carbocycles. The summed E-state index contributed by atoms with van der Waals surface area (Å²) >= 11 is 0. The van der Waals surface area contributed by atoms with Crippen molar-refractivity contribution in [3.05, 3.63) is 53.1 Å². The molecule has 0 aliphatic heterocycles. The first-order chi connectivity index (χ1) is 12.0. The van der Waals surface area contributed by atoms with Crippen LogP contribution in [-0.2, 0) is 16.6 Å². The molecule has 0 atom stereocenters. The number of phenols is 2. The Morgan fingerprint density at radius 1 is 1.16 bits per heavy atom. The van der Waals surface area contributed by atoms with Gasteiger partial charge in [0, 0.05) is 6.54 Å². The van der Waals surface area contributed by atoms with E-state index in [-0.39, 0.29) is 17.4 Å². The second kappa shape index (κ2) is 6.67. The number of methoxy groups -OCH3 is 1. The van der Waals surface area contributed by atoms with Crippen LogP contribution in [0.5, 0.6) is 17.2 Å². The van der Waals surface area contributed by atoms with Crippen LogP contribution in [-0.4, -0.2) is 29.8 Å². The number of benzene rings is 2. The maximum atomic E-state index is 12.7. The van der Waals surface area contributed by atoms with Crippen molar-refractivity contribution in [3.63, 3.8) is 0 Å². The minimum absolute atomic E-state index is 0.0291. The summed E-state index contributed by atoms with van der Waals surface area (Å²) in [4.78, 5) is 12.7. The third kappa shape index (κ3) is 3.40. The summed E-state index contributed by atoms with van der Waals surface area (Å²) in [5.74, 6) is 0.546. The van der Waals surface area contributed by atoms with Gasteiger partial charge < -0.3 is 20.3 Å². The van der Waals surface area contributed by atoms with Crippen molar-refractivity contribution in [3.8, 4) is 17.2 Å². The maximum Gasteiger partial charge on any atom is 0.230 e. The molecule has 1 aliphatic rings. The van der Waals surface area contributed by atoms with E-state index in [1.807, 2.05) is 25.1 Å². The number of hydrogen-bond donors (Lipinski definition) is 3. The number of phenolic OH excluding ortho intramolecular Hbond substituents is 2. The van der Waals surface area contributed by atoms with Crippen LogP contribution < -0.4 is 10.1 Å². The third-order valence-corrected chi connectivity index (χ3v) is 4.88. The van der Waals surface area contributed by atoms with Gasteiger partial charge in [0.15, 0.2) is 11.5 Å². The molecule has 0 heterocycles. The van der Waals surface area contributed by atoms with Crippen LogP contribution in [0.1, 0.15) is 29.5 Å². The standard InChI is InChI=1S/C20H23NO4/c1-13-3-5-15(12-18(13)25-2)20(8-9-20)19(24)21-10-7-14-4-6-16(22)17(23)11-14/h3-6,11-12,22-23H,7-10H2,1-2H3,(H,21,24). The first kappa shape index (κ1) is 17.1. The van der Waals surface area contributed by atoms with Crippen molar-refractivity contribution in [1.29, 1.82) is 0 Å². The van der Waals surface area contributed by atoms with Gasteiger partial charge in [-0.15, -0.1) is 0 Å². The van der Waals surface area contributed by atoms with Gasteiger partial charge in [-0.3, -0.25) is 4.79 Å². The van der Waals surface area contributed by atoms with E-state index >= 15 is 0 Å². The summed E-state index contributed by atoms with van der Waals surface area (Å²) in [5.41, 5.74) is 2.46.